The van der Waals surface area contributed by atoms with E-state index in [1.807, 2.05) is 0 Å². The van der Waals surface area contributed by atoms with Crippen molar-refractivity contribution >= 4 is 17.3 Å². The standard InChI is InChI=1S/C14H11ClFNO2/c15-11-5-13-14(19-8-18-13)6-12(11)17-7-9-1-3-10(16)4-2-9/h1-6,17H,7-8H2. The lowest BCUT2D eigenvalue weighted by Crippen LogP contribution is -2.00. The number of halogens is 2. The number of anilines is 1. The molecule has 1 heterocycles. The summed E-state index contributed by atoms with van der Waals surface area (Å²) in [6, 6.07) is 9.83. The van der Waals surface area contributed by atoms with E-state index in [-0.39, 0.29) is 12.6 Å². The zero-order valence-corrected chi connectivity index (χ0v) is 10.7. The van der Waals surface area contributed by atoms with Gasteiger partial charge in [0.2, 0.25) is 6.79 Å². The summed E-state index contributed by atoms with van der Waals surface area (Å²) in [5, 5.41) is 3.75. The highest BCUT2D eigenvalue weighted by Crippen LogP contribution is 2.39. The minimum atomic E-state index is -0.245. The number of rotatable bonds is 3. The maximum Gasteiger partial charge on any atom is 0.231 e. The minimum Gasteiger partial charge on any atom is -0.454 e. The predicted molar refractivity (Wildman–Crippen MR) is 71.3 cm³/mol. The van der Waals surface area contributed by atoms with Crippen molar-refractivity contribution in [3.05, 3.63) is 52.8 Å². The van der Waals surface area contributed by atoms with E-state index in [9.17, 15) is 4.39 Å². The fourth-order valence-electron chi connectivity index (χ4n) is 1.85. The van der Waals surface area contributed by atoms with Crippen LogP contribution in [0, 0.1) is 5.82 Å². The SMILES string of the molecule is Fc1ccc(CNc2cc3c(cc2Cl)OCO3)cc1. The zero-order valence-electron chi connectivity index (χ0n) is 9.95. The highest BCUT2D eigenvalue weighted by atomic mass is 35.5. The molecule has 0 radical (unpaired) electrons. The maximum atomic E-state index is 12.8. The minimum absolute atomic E-state index is 0.215. The van der Waals surface area contributed by atoms with Crippen LogP contribution in [0.2, 0.25) is 5.02 Å². The molecule has 5 heteroatoms. The Morgan fingerprint density at radius 3 is 2.53 bits per heavy atom. The van der Waals surface area contributed by atoms with E-state index in [1.54, 1.807) is 24.3 Å². The molecular weight excluding hydrogens is 269 g/mol. The summed E-state index contributed by atoms with van der Waals surface area (Å²) in [6.07, 6.45) is 0. The van der Waals surface area contributed by atoms with Gasteiger partial charge in [0.05, 0.1) is 10.7 Å². The lowest BCUT2D eigenvalue weighted by atomic mass is 10.2. The predicted octanol–water partition coefficient (Wildman–Crippen LogP) is 3.82. The highest BCUT2D eigenvalue weighted by Gasteiger charge is 2.16. The number of ether oxygens (including phenoxy) is 2. The number of nitrogens with one attached hydrogen (secondary N) is 1. The molecule has 1 aliphatic heterocycles. The Hall–Kier alpha value is -1.94. The molecule has 2 aromatic rings. The Morgan fingerprint density at radius 2 is 1.79 bits per heavy atom. The van der Waals surface area contributed by atoms with Gasteiger partial charge in [-0.2, -0.15) is 0 Å². The van der Waals surface area contributed by atoms with Crippen LogP contribution < -0.4 is 14.8 Å². The van der Waals surface area contributed by atoms with Crippen molar-refractivity contribution in [1.82, 2.24) is 0 Å². The van der Waals surface area contributed by atoms with Gasteiger partial charge in [-0.3, -0.25) is 0 Å². The van der Waals surface area contributed by atoms with E-state index < -0.39 is 0 Å². The van der Waals surface area contributed by atoms with Gasteiger partial charge in [-0.25, -0.2) is 4.39 Å². The molecule has 0 unspecified atom stereocenters. The molecule has 0 atom stereocenters. The van der Waals surface area contributed by atoms with Gasteiger partial charge < -0.3 is 14.8 Å². The second kappa shape index (κ2) is 4.97. The molecule has 0 saturated carbocycles. The summed E-state index contributed by atoms with van der Waals surface area (Å²) in [7, 11) is 0. The molecule has 0 spiro atoms. The van der Waals surface area contributed by atoms with Crippen molar-refractivity contribution in [2.45, 2.75) is 6.54 Å². The van der Waals surface area contributed by atoms with Crippen LogP contribution in [-0.4, -0.2) is 6.79 Å². The Labute approximate surface area is 114 Å². The molecule has 0 aliphatic carbocycles. The molecule has 0 fully saturated rings. The molecule has 19 heavy (non-hydrogen) atoms. The number of benzene rings is 2. The molecule has 0 aromatic heterocycles. The van der Waals surface area contributed by atoms with E-state index in [1.165, 1.54) is 12.1 Å². The van der Waals surface area contributed by atoms with Crippen molar-refractivity contribution in [3.8, 4) is 11.5 Å². The third-order valence-electron chi connectivity index (χ3n) is 2.86. The fourth-order valence-corrected chi connectivity index (χ4v) is 2.07. The maximum absolute atomic E-state index is 12.8. The summed E-state index contributed by atoms with van der Waals surface area (Å²) in [6.45, 7) is 0.771. The van der Waals surface area contributed by atoms with Crippen LogP contribution in [-0.2, 0) is 6.54 Å². The Balaban J connectivity index is 1.75. The molecular formula is C14H11ClFNO2. The van der Waals surface area contributed by atoms with Gasteiger partial charge in [0.15, 0.2) is 11.5 Å². The molecule has 2 aromatic carbocycles. The first kappa shape index (κ1) is 12.1. The van der Waals surface area contributed by atoms with Gasteiger partial charge in [-0.15, -0.1) is 0 Å². The molecule has 0 amide bonds. The molecule has 3 rings (SSSR count). The molecule has 3 nitrogen and oxygen atoms in total. The van der Waals surface area contributed by atoms with Crippen LogP contribution in [0.25, 0.3) is 0 Å². The van der Waals surface area contributed by atoms with Crippen LogP contribution in [0.1, 0.15) is 5.56 Å². The Bertz CT molecular complexity index is 601. The van der Waals surface area contributed by atoms with Crippen LogP contribution in [0.4, 0.5) is 10.1 Å². The number of hydrogen-bond acceptors (Lipinski definition) is 3. The summed E-state index contributed by atoms with van der Waals surface area (Å²) >= 11 is 6.14. The van der Waals surface area contributed by atoms with E-state index in [4.69, 9.17) is 21.1 Å². The molecule has 1 aliphatic rings. The van der Waals surface area contributed by atoms with Crippen molar-refractivity contribution < 1.29 is 13.9 Å². The van der Waals surface area contributed by atoms with Gasteiger partial charge in [0.1, 0.15) is 5.82 Å². The quantitative estimate of drug-likeness (QED) is 0.926. The lowest BCUT2D eigenvalue weighted by Gasteiger charge is -2.09. The topological polar surface area (TPSA) is 30.5 Å². The van der Waals surface area contributed by atoms with E-state index in [0.29, 0.717) is 23.1 Å². The second-order valence-electron chi connectivity index (χ2n) is 4.17. The van der Waals surface area contributed by atoms with Crippen LogP contribution in [0.15, 0.2) is 36.4 Å². The lowest BCUT2D eigenvalue weighted by molar-refractivity contribution is 0.174. The largest absolute Gasteiger partial charge is 0.454 e. The monoisotopic (exact) mass is 279 g/mol. The van der Waals surface area contributed by atoms with Crippen molar-refractivity contribution in [2.75, 3.05) is 12.1 Å². The molecule has 0 bridgehead atoms. The summed E-state index contributed by atoms with van der Waals surface area (Å²) in [4.78, 5) is 0. The van der Waals surface area contributed by atoms with Gasteiger partial charge >= 0.3 is 0 Å². The summed E-state index contributed by atoms with van der Waals surface area (Å²) in [5.74, 6) is 1.08. The van der Waals surface area contributed by atoms with Gasteiger partial charge in [0, 0.05) is 18.7 Å². The summed E-state index contributed by atoms with van der Waals surface area (Å²) < 4.78 is 23.3. The van der Waals surface area contributed by atoms with Gasteiger partial charge in [-0.05, 0) is 17.7 Å². The van der Waals surface area contributed by atoms with Crippen molar-refractivity contribution in [3.63, 3.8) is 0 Å². The molecule has 98 valence electrons. The highest BCUT2D eigenvalue weighted by molar-refractivity contribution is 6.33. The van der Waals surface area contributed by atoms with E-state index >= 15 is 0 Å². The van der Waals surface area contributed by atoms with Crippen molar-refractivity contribution in [2.24, 2.45) is 0 Å². The second-order valence-corrected chi connectivity index (χ2v) is 4.57. The van der Waals surface area contributed by atoms with Crippen LogP contribution >= 0.6 is 11.6 Å². The fraction of sp³-hybridized carbons (Fsp3) is 0.143. The summed E-state index contributed by atoms with van der Waals surface area (Å²) in [5.41, 5.74) is 1.73. The Kier molecular flexibility index (Phi) is 3.17. The van der Waals surface area contributed by atoms with E-state index in [2.05, 4.69) is 5.32 Å². The number of fused-ring (bicyclic) bond motifs is 1. The van der Waals surface area contributed by atoms with Gasteiger partial charge in [-0.1, -0.05) is 23.7 Å². The normalized spacial score (nSPS) is 12.5. The number of hydrogen-bond donors (Lipinski definition) is 1. The third kappa shape index (κ3) is 2.58. The third-order valence-corrected chi connectivity index (χ3v) is 3.17. The zero-order chi connectivity index (χ0) is 13.2. The smallest absolute Gasteiger partial charge is 0.231 e. The first-order valence-electron chi connectivity index (χ1n) is 5.80. The van der Waals surface area contributed by atoms with Crippen molar-refractivity contribution in [1.29, 1.82) is 0 Å². The van der Waals surface area contributed by atoms with Crippen LogP contribution in [0.5, 0.6) is 11.5 Å². The van der Waals surface area contributed by atoms with E-state index in [0.717, 1.165) is 11.3 Å². The Morgan fingerprint density at radius 1 is 1.11 bits per heavy atom. The average Bonchev–Trinajstić information content (AvgIpc) is 2.85. The average molecular weight is 280 g/mol. The van der Waals surface area contributed by atoms with Gasteiger partial charge in [0.25, 0.3) is 0 Å². The molecule has 1 N–H and O–H groups in total. The van der Waals surface area contributed by atoms with Crippen LogP contribution in [0.3, 0.4) is 0 Å². The first-order valence-corrected chi connectivity index (χ1v) is 6.17. The first-order chi connectivity index (χ1) is 9.22. The molecule has 0 saturated heterocycles.